The van der Waals surface area contributed by atoms with E-state index in [9.17, 15) is 0 Å². The Kier molecular flexibility index (Phi) is 4.75. The first kappa shape index (κ1) is 16.0. The Morgan fingerprint density at radius 3 is 2.33 bits per heavy atom. The lowest BCUT2D eigenvalue weighted by molar-refractivity contribution is 0.858. The van der Waals surface area contributed by atoms with Crippen LogP contribution in [0.1, 0.15) is 29.8 Å². The van der Waals surface area contributed by atoms with Gasteiger partial charge in [0.05, 0.1) is 6.04 Å². The molecule has 2 N–H and O–H groups in total. The predicted molar refractivity (Wildman–Crippen MR) is 99.7 cm³/mol. The summed E-state index contributed by atoms with van der Waals surface area (Å²) in [5, 5.41) is 6.75. The number of nitrogens with zero attached hydrogens (tertiary/aromatic N) is 2. The Bertz CT molecular complexity index is 815. The normalized spacial score (nSPS) is 11.8. The number of rotatable bonds is 5. The number of hydrogen-bond acceptors (Lipinski definition) is 4. The Hall–Kier alpha value is -2.88. The fourth-order valence-corrected chi connectivity index (χ4v) is 2.57. The largest absolute Gasteiger partial charge is 0.348 e. The van der Waals surface area contributed by atoms with Crippen LogP contribution in [0.15, 0.2) is 60.7 Å². The molecular weight excluding hydrogens is 296 g/mol. The van der Waals surface area contributed by atoms with E-state index in [-0.39, 0.29) is 6.04 Å². The van der Waals surface area contributed by atoms with Gasteiger partial charge < -0.3 is 10.6 Å². The van der Waals surface area contributed by atoms with Crippen molar-refractivity contribution in [2.24, 2.45) is 0 Å². The van der Waals surface area contributed by atoms with Crippen molar-refractivity contribution in [1.82, 2.24) is 9.97 Å². The molecule has 1 heterocycles. The molecule has 4 nitrogen and oxygen atoms in total. The van der Waals surface area contributed by atoms with E-state index in [0.717, 1.165) is 17.2 Å². The average Bonchev–Trinajstić information content (AvgIpc) is 2.57. The van der Waals surface area contributed by atoms with E-state index < -0.39 is 0 Å². The number of anilines is 3. The summed E-state index contributed by atoms with van der Waals surface area (Å²) in [7, 11) is 0. The Morgan fingerprint density at radius 1 is 0.875 bits per heavy atom. The average molecular weight is 318 g/mol. The van der Waals surface area contributed by atoms with Gasteiger partial charge in [-0.25, -0.2) is 4.98 Å². The van der Waals surface area contributed by atoms with E-state index in [1.807, 2.05) is 49.4 Å². The molecule has 0 spiro atoms. The molecule has 0 aliphatic heterocycles. The van der Waals surface area contributed by atoms with Gasteiger partial charge in [-0.15, -0.1) is 0 Å². The molecule has 0 bridgehead atoms. The quantitative estimate of drug-likeness (QED) is 0.694. The maximum atomic E-state index is 4.60. The van der Waals surface area contributed by atoms with Crippen molar-refractivity contribution in [1.29, 1.82) is 0 Å². The fraction of sp³-hybridized carbons (Fsp3) is 0.200. The van der Waals surface area contributed by atoms with Crippen LogP contribution < -0.4 is 10.6 Å². The highest BCUT2D eigenvalue weighted by Crippen LogP contribution is 2.22. The molecule has 0 aliphatic carbocycles. The second kappa shape index (κ2) is 7.13. The number of benzene rings is 2. The first-order chi connectivity index (χ1) is 11.6. The molecule has 0 fully saturated rings. The Morgan fingerprint density at radius 2 is 1.58 bits per heavy atom. The van der Waals surface area contributed by atoms with E-state index in [0.29, 0.717) is 5.95 Å². The monoisotopic (exact) mass is 318 g/mol. The predicted octanol–water partition coefficient (Wildman–Crippen LogP) is 5.01. The van der Waals surface area contributed by atoms with Crippen molar-refractivity contribution in [2.75, 3.05) is 10.6 Å². The number of nitrogens with one attached hydrogen (secondary N) is 2. The fourth-order valence-electron chi connectivity index (χ4n) is 2.57. The van der Waals surface area contributed by atoms with Crippen molar-refractivity contribution < 1.29 is 0 Å². The van der Waals surface area contributed by atoms with Gasteiger partial charge in [0.1, 0.15) is 5.82 Å². The van der Waals surface area contributed by atoms with Crippen LogP contribution >= 0.6 is 0 Å². The smallest absolute Gasteiger partial charge is 0.225 e. The molecule has 24 heavy (non-hydrogen) atoms. The minimum Gasteiger partial charge on any atom is -0.348 e. The van der Waals surface area contributed by atoms with Crippen LogP contribution in [0.3, 0.4) is 0 Å². The second-order valence-corrected chi connectivity index (χ2v) is 5.93. The third-order valence-corrected chi connectivity index (χ3v) is 3.91. The molecule has 2 aromatic carbocycles. The van der Waals surface area contributed by atoms with Crippen LogP contribution in [0.4, 0.5) is 17.5 Å². The van der Waals surface area contributed by atoms with Gasteiger partial charge in [0.25, 0.3) is 0 Å². The third-order valence-electron chi connectivity index (χ3n) is 3.91. The Labute approximate surface area is 143 Å². The van der Waals surface area contributed by atoms with Crippen LogP contribution in [0.25, 0.3) is 0 Å². The molecule has 122 valence electrons. The summed E-state index contributed by atoms with van der Waals surface area (Å²) in [5.41, 5.74) is 4.36. The van der Waals surface area contributed by atoms with Gasteiger partial charge in [0, 0.05) is 17.4 Å². The highest BCUT2D eigenvalue weighted by molar-refractivity contribution is 5.61. The van der Waals surface area contributed by atoms with Crippen LogP contribution in [-0.4, -0.2) is 9.97 Å². The number of hydrogen-bond donors (Lipinski definition) is 2. The molecule has 0 radical (unpaired) electrons. The summed E-state index contributed by atoms with van der Waals surface area (Å²) in [6, 6.07) is 20.5. The van der Waals surface area contributed by atoms with Crippen LogP contribution in [0, 0.1) is 13.8 Å². The molecule has 0 saturated carbocycles. The summed E-state index contributed by atoms with van der Waals surface area (Å²) in [4.78, 5) is 9.10. The van der Waals surface area contributed by atoms with Gasteiger partial charge in [-0.1, -0.05) is 48.5 Å². The van der Waals surface area contributed by atoms with Crippen molar-refractivity contribution in [3.63, 3.8) is 0 Å². The van der Waals surface area contributed by atoms with Gasteiger partial charge in [0.15, 0.2) is 0 Å². The minimum atomic E-state index is 0.138. The van der Waals surface area contributed by atoms with Gasteiger partial charge in [0.2, 0.25) is 5.95 Å². The van der Waals surface area contributed by atoms with E-state index in [2.05, 4.69) is 52.6 Å². The molecule has 1 unspecified atom stereocenters. The van der Waals surface area contributed by atoms with Crippen molar-refractivity contribution in [2.45, 2.75) is 26.8 Å². The van der Waals surface area contributed by atoms with Gasteiger partial charge in [-0.3, -0.25) is 0 Å². The summed E-state index contributed by atoms with van der Waals surface area (Å²) in [5.74, 6) is 1.42. The SMILES string of the molecule is Cc1cc(Nc2ccccc2C)nc(NC(C)c2ccccc2)n1. The van der Waals surface area contributed by atoms with Gasteiger partial charge in [-0.2, -0.15) is 4.98 Å². The number of aromatic nitrogens is 2. The Balaban J connectivity index is 1.80. The van der Waals surface area contributed by atoms with E-state index in [1.165, 1.54) is 11.1 Å². The molecule has 0 aliphatic rings. The zero-order chi connectivity index (χ0) is 16.9. The zero-order valence-corrected chi connectivity index (χ0v) is 14.2. The lowest BCUT2D eigenvalue weighted by atomic mass is 10.1. The second-order valence-electron chi connectivity index (χ2n) is 5.93. The van der Waals surface area contributed by atoms with Gasteiger partial charge >= 0.3 is 0 Å². The molecule has 3 rings (SSSR count). The molecule has 4 heteroatoms. The first-order valence-electron chi connectivity index (χ1n) is 8.11. The first-order valence-corrected chi connectivity index (χ1v) is 8.11. The highest BCUT2D eigenvalue weighted by Gasteiger charge is 2.09. The standard InChI is InChI=1S/C20H22N4/c1-14-9-7-8-12-18(14)23-19-13-15(2)21-20(24-19)22-16(3)17-10-5-4-6-11-17/h4-13,16H,1-3H3,(H2,21,22,23,24). The summed E-state index contributed by atoms with van der Waals surface area (Å²) in [6.45, 7) is 6.16. The van der Waals surface area contributed by atoms with Crippen molar-refractivity contribution >= 4 is 17.5 Å². The lowest BCUT2D eigenvalue weighted by Gasteiger charge is -2.16. The number of aryl methyl sites for hydroxylation is 2. The van der Waals surface area contributed by atoms with E-state index >= 15 is 0 Å². The van der Waals surface area contributed by atoms with E-state index in [1.54, 1.807) is 0 Å². The summed E-state index contributed by atoms with van der Waals surface area (Å²) in [6.07, 6.45) is 0. The molecule has 3 aromatic rings. The molecule has 0 saturated heterocycles. The number of para-hydroxylation sites is 1. The molecule has 1 atom stereocenters. The van der Waals surface area contributed by atoms with Crippen LogP contribution in [0.2, 0.25) is 0 Å². The van der Waals surface area contributed by atoms with Crippen molar-refractivity contribution in [3.8, 4) is 0 Å². The lowest BCUT2D eigenvalue weighted by Crippen LogP contribution is -2.11. The van der Waals surface area contributed by atoms with Crippen LogP contribution in [-0.2, 0) is 0 Å². The molecule has 1 aromatic heterocycles. The summed E-state index contributed by atoms with van der Waals surface area (Å²) >= 11 is 0. The van der Waals surface area contributed by atoms with Crippen LogP contribution in [0.5, 0.6) is 0 Å². The molecular formula is C20H22N4. The summed E-state index contributed by atoms with van der Waals surface area (Å²) < 4.78 is 0. The zero-order valence-electron chi connectivity index (χ0n) is 14.2. The highest BCUT2D eigenvalue weighted by atomic mass is 15.2. The van der Waals surface area contributed by atoms with Gasteiger partial charge in [-0.05, 0) is 38.0 Å². The minimum absolute atomic E-state index is 0.138. The van der Waals surface area contributed by atoms with Crippen molar-refractivity contribution in [3.05, 3.63) is 77.5 Å². The van der Waals surface area contributed by atoms with E-state index in [4.69, 9.17) is 0 Å². The topological polar surface area (TPSA) is 49.8 Å². The molecule has 0 amide bonds. The maximum absolute atomic E-state index is 4.60. The third kappa shape index (κ3) is 3.90. The maximum Gasteiger partial charge on any atom is 0.225 e.